The number of nitrogens with zero attached hydrogens (tertiary/aromatic N) is 1. The minimum Gasteiger partial charge on any atom is -0.310 e. The van der Waals surface area contributed by atoms with Gasteiger partial charge in [-0.2, -0.15) is 0 Å². The van der Waals surface area contributed by atoms with Gasteiger partial charge in [-0.3, -0.25) is 0 Å². The molecule has 10 rings (SSSR count). The standard InChI is InChI=1S/C54H43N/c1-53(2)47-23-13-11-21-44(47)45-32-30-40(34-49(45)53)55(51-25-14-12-20-42(51)38-18-9-6-10-19-38)41-31-33-46-50(35-41)54(3,4)48-24-15-22-43(52(46)48)39-28-26-37(27-29-39)36-16-7-5-8-17-36/h5-35H,1-4H3. The first-order valence-electron chi connectivity index (χ1n) is 19.4. The third-order valence-corrected chi connectivity index (χ3v) is 12.3. The Morgan fingerprint density at radius 2 is 0.764 bits per heavy atom. The molecule has 0 bridgehead atoms. The third-order valence-electron chi connectivity index (χ3n) is 12.3. The minimum atomic E-state index is -0.188. The highest BCUT2D eigenvalue weighted by molar-refractivity contribution is 5.96. The molecule has 2 aliphatic rings. The molecule has 0 saturated carbocycles. The van der Waals surface area contributed by atoms with Crippen molar-refractivity contribution >= 4 is 17.1 Å². The molecule has 0 fully saturated rings. The van der Waals surface area contributed by atoms with Gasteiger partial charge in [0.2, 0.25) is 0 Å². The predicted molar refractivity (Wildman–Crippen MR) is 233 cm³/mol. The number of rotatable bonds is 6. The van der Waals surface area contributed by atoms with Gasteiger partial charge < -0.3 is 4.90 Å². The molecule has 55 heavy (non-hydrogen) atoms. The number of anilines is 3. The molecular weight excluding hydrogens is 663 g/mol. The van der Waals surface area contributed by atoms with E-state index in [1.807, 2.05) is 0 Å². The normalized spacial score (nSPS) is 14.1. The summed E-state index contributed by atoms with van der Waals surface area (Å²) in [5, 5.41) is 0. The molecular formula is C54H43N. The zero-order valence-electron chi connectivity index (χ0n) is 31.8. The van der Waals surface area contributed by atoms with Crippen LogP contribution in [0.2, 0.25) is 0 Å². The maximum absolute atomic E-state index is 2.49. The maximum Gasteiger partial charge on any atom is 0.0540 e. The second kappa shape index (κ2) is 12.6. The molecule has 8 aromatic rings. The number of fused-ring (bicyclic) bond motifs is 6. The highest BCUT2D eigenvalue weighted by atomic mass is 15.1. The topological polar surface area (TPSA) is 3.24 Å². The second-order valence-corrected chi connectivity index (χ2v) is 16.1. The Morgan fingerprint density at radius 3 is 1.47 bits per heavy atom. The Bertz CT molecular complexity index is 2740. The van der Waals surface area contributed by atoms with E-state index < -0.39 is 0 Å². The molecule has 1 nitrogen and oxygen atoms in total. The highest BCUT2D eigenvalue weighted by Gasteiger charge is 2.39. The number of hydrogen-bond donors (Lipinski definition) is 0. The molecule has 2 aliphatic carbocycles. The molecule has 264 valence electrons. The summed E-state index contributed by atoms with van der Waals surface area (Å²) in [4.78, 5) is 2.49. The van der Waals surface area contributed by atoms with Crippen LogP contribution in [0.4, 0.5) is 17.1 Å². The van der Waals surface area contributed by atoms with Gasteiger partial charge >= 0.3 is 0 Å². The van der Waals surface area contributed by atoms with E-state index in [1.54, 1.807) is 0 Å². The average Bonchev–Trinajstić information content (AvgIpc) is 3.61. The number of para-hydroxylation sites is 1. The Labute approximate surface area is 325 Å². The van der Waals surface area contributed by atoms with Crippen LogP contribution in [-0.4, -0.2) is 0 Å². The van der Waals surface area contributed by atoms with Gasteiger partial charge in [-0.15, -0.1) is 0 Å². The summed E-state index contributed by atoms with van der Waals surface area (Å²) in [6.45, 7) is 9.51. The van der Waals surface area contributed by atoms with Crippen molar-refractivity contribution in [3.63, 3.8) is 0 Å². The largest absolute Gasteiger partial charge is 0.310 e. The van der Waals surface area contributed by atoms with Crippen LogP contribution in [0.25, 0.3) is 55.6 Å². The van der Waals surface area contributed by atoms with Crippen LogP contribution < -0.4 is 4.90 Å². The van der Waals surface area contributed by atoms with Crippen molar-refractivity contribution in [3.8, 4) is 55.6 Å². The smallest absolute Gasteiger partial charge is 0.0540 e. The number of benzene rings is 8. The van der Waals surface area contributed by atoms with E-state index >= 15 is 0 Å². The van der Waals surface area contributed by atoms with E-state index in [-0.39, 0.29) is 10.8 Å². The lowest BCUT2D eigenvalue weighted by Gasteiger charge is -2.31. The van der Waals surface area contributed by atoms with Crippen LogP contribution in [0.3, 0.4) is 0 Å². The van der Waals surface area contributed by atoms with Gasteiger partial charge in [-0.1, -0.05) is 185 Å². The molecule has 8 aromatic carbocycles. The van der Waals surface area contributed by atoms with Gasteiger partial charge in [-0.25, -0.2) is 0 Å². The van der Waals surface area contributed by atoms with E-state index in [1.165, 1.54) is 77.9 Å². The van der Waals surface area contributed by atoms with Crippen molar-refractivity contribution in [1.82, 2.24) is 0 Å². The van der Waals surface area contributed by atoms with E-state index in [0.29, 0.717) is 0 Å². The van der Waals surface area contributed by atoms with Crippen molar-refractivity contribution in [2.24, 2.45) is 0 Å². The Hall–Kier alpha value is -6.44. The minimum absolute atomic E-state index is 0.107. The van der Waals surface area contributed by atoms with Gasteiger partial charge in [0.05, 0.1) is 5.69 Å². The lowest BCUT2D eigenvalue weighted by Crippen LogP contribution is -2.18. The van der Waals surface area contributed by atoms with Gasteiger partial charge in [0.1, 0.15) is 0 Å². The summed E-state index contributed by atoms with van der Waals surface area (Å²) in [5.41, 5.74) is 21.4. The van der Waals surface area contributed by atoms with E-state index in [2.05, 4.69) is 221 Å². The predicted octanol–water partition coefficient (Wildman–Crippen LogP) is 14.8. The molecule has 0 unspecified atom stereocenters. The van der Waals surface area contributed by atoms with Crippen LogP contribution in [0.1, 0.15) is 49.9 Å². The fourth-order valence-corrected chi connectivity index (χ4v) is 9.42. The maximum atomic E-state index is 2.49. The van der Waals surface area contributed by atoms with Crippen molar-refractivity contribution in [2.75, 3.05) is 4.90 Å². The highest BCUT2D eigenvalue weighted by Crippen LogP contribution is 2.55. The molecule has 0 aromatic heterocycles. The second-order valence-electron chi connectivity index (χ2n) is 16.1. The third kappa shape index (κ3) is 5.22. The molecule has 0 aliphatic heterocycles. The van der Waals surface area contributed by atoms with E-state index in [9.17, 15) is 0 Å². The van der Waals surface area contributed by atoms with Gasteiger partial charge in [0.25, 0.3) is 0 Å². The van der Waals surface area contributed by atoms with Crippen molar-refractivity contribution < 1.29 is 0 Å². The first-order chi connectivity index (χ1) is 26.8. The zero-order chi connectivity index (χ0) is 37.3. The average molecular weight is 706 g/mol. The molecule has 0 heterocycles. The van der Waals surface area contributed by atoms with Crippen LogP contribution in [0, 0.1) is 0 Å². The summed E-state index contributed by atoms with van der Waals surface area (Å²) in [6.07, 6.45) is 0. The monoisotopic (exact) mass is 705 g/mol. The number of hydrogen-bond acceptors (Lipinski definition) is 1. The van der Waals surface area contributed by atoms with Crippen molar-refractivity contribution in [2.45, 2.75) is 38.5 Å². The Morgan fingerprint density at radius 1 is 0.309 bits per heavy atom. The molecule has 0 saturated heterocycles. The lowest BCUT2D eigenvalue weighted by molar-refractivity contribution is 0.660. The van der Waals surface area contributed by atoms with Crippen LogP contribution in [-0.2, 0) is 10.8 Å². The van der Waals surface area contributed by atoms with Crippen molar-refractivity contribution in [3.05, 3.63) is 210 Å². The molecule has 0 amide bonds. The van der Waals surface area contributed by atoms with Crippen molar-refractivity contribution in [1.29, 1.82) is 0 Å². The summed E-state index contributed by atoms with van der Waals surface area (Å²) in [7, 11) is 0. The molecule has 0 radical (unpaired) electrons. The fourth-order valence-electron chi connectivity index (χ4n) is 9.42. The van der Waals surface area contributed by atoms with Crippen LogP contribution >= 0.6 is 0 Å². The quantitative estimate of drug-likeness (QED) is 0.166. The van der Waals surface area contributed by atoms with Gasteiger partial charge in [-0.05, 0) is 103 Å². The van der Waals surface area contributed by atoms with Gasteiger partial charge in [0, 0.05) is 27.8 Å². The molecule has 0 atom stereocenters. The Balaban J connectivity index is 1.14. The van der Waals surface area contributed by atoms with Crippen LogP contribution in [0.5, 0.6) is 0 Å². The fraction of sp³-hybridized carbons (Fsp3) is 0.111. The first kappa shape index (κ1) is 33.2. The summed E-state index contributed by atoms with van der Waals surface area (Å²) in [5.74, 6) is 0. The SMILES string of the molecule is CC1(C)c2ccccc2-c2ccc(N(c3ccc4c(c3)C(C)(C)c3cccc(-c5ccc(-c6ccccc6)cc5)c3-4)c3ccccc3-c3ccccc3)cc21. The zero-order valence-corrected chi connectivity index (χ0v) is 31.8. The van der Waals surface area contributed by atoms with Gasteiger partial charge in [0.15, 0.2) is 0 Å². The van der Waals surface area contributed by atoms with E-state index in [4.69, 9.17) is 0 Å². The molecule has 1 heteroatoms. The van der Waals surface area contributed by atoms with Crippen LogP contribution in [0.15, 0.2) is 188 Å². The summed E-state index contributed by atoms with van der Waals surface area (Å²) < 4.78 is 0. The molecule has 0 spiro atoms. The first-order valence-corrected chi connectivity index (χ1v) is 19.4. The lowest BCUT2D eigenvalue weighted by atomic mass is 9.81. The van der Waals surface area contributed by atoms with E-state index in [0.717, 1.165) is 17.1 Å². The summed E-state index contributed by atoms with van der Waals surface area (Å²) in [6, 6.07) is 69.4. The Kier molecular flexibility index (Phi) is 7.58. The summed E-state index contributed by atoms with van der Waals surface area (Å²) >= 11 is 0. The molecule has 0 N–H and O–H groups in total.